The zero-order valence-corrected chi connectivity index (χ0v) is 12.6. The molecule has 5 aromatic rings. The molecule has 2 heteroatoms. The summed E-state index contributed by atoms with van der Waals surface area (Å²) in [7, 11) is 2.13. The van der Waals surface area contributed by atoms with E-state index in [1.807, 2.05) is 12.1 Å². The van der Waals surface area contributed by atoms with E-state index in [1.165, 1.54) is 38.1 Å². The predicted octanol–water partition coefficient (Wildman–Crippen LogP) is 5.54. The summed E-state index contributed by atoms with van der Waals surface area (Å²) < 4.78 is 8.46. The van der Waals surface area contributed by atoms with Crippen LogP contribution >= 0.6 is 0 Å². The number of para-hydroxylation sites is 2. The molecule has 106 valence electrons. The average Bonchev–Trinajstić information content (AvgIpc) is 3.04. The molecule has 0 amide bonds. The van der Waals surface area contributed by atoms with Gasteiger partial charge in [0.05, 0.1) is 11.0 Å². The van der Waals surface area contributed by atoms with Gasteiger partial charge in [-0.05, 0) is 24.6 Å². The molecule has 0 saturated carbocycles. The van der Waals surface area contributed by atoms with Gasteiger partial charge in [-0.3, -0.25) is 0 Å². The second kappa shape index (κ2) is 3.92. The second-order valence-corrected chi connectivity index (χ2v) is 5.97. The van der Waals surface area contributed by atoms with Crippen molar-refractivity contribution < 1.29 is 4.42 Å². The third-order valence-electron chi connectivity index (χ3n) is 4.72. The number of aromatic nitrogens is 1. The van der Waals surface area contributed by atoms with Gasteiger partial charge in [0.2, 0.25) is 0 Å². The molecule has 0 radical (unpaired) electrons. The highest BCUT2D eigenvalue weighted by Gasteiger charge is 2.16. The second-order valence-electron chi connectivity index (χ2n) is 5.97. The van der Waals surface area contributed by atoms with E-state index in [2.05, 4.69) is 61.0 Å². The first kappa shape index (κ1) is 11.9. The van der Waals surface area contributed by atoms with Gasteiger partial charge in [0, 0.05) is 28.6 Å². The Morgan fingerprint density at radius 1 is 0.727 bits per heavy atom. The summed E-state index contributed by atoms with van der Waals surface area (Å²) in [5.74, 6) is 0. The molecule has 0 fully saturated rings. The van der Waals surface area contributed by atoms with E-state index in [4.69, 9.17) is 4.42 Å². The molecule has 0 aliphatic rings. The van der Waals surface area contributed by atoms with Crippen molar-refractivity contribution in [3.63, 3.8) is 0 Å². The Balaban J connectivity index is 2.13. The summed E-state index contributed by atoms with van der Waals surface area (Å²) >= 11 is 0. The third-order valence-corrected chi connectivity index (χ3v) is 4.72. The fourth-order valence-electron chi connectivity index (χ4n) is 3.76. The van der Waals surface area contributed by atoms with Gasteiger partial charge in [0.25, 0.3) is 0 Å². The molecule has 5 rings (SSSR count). The minimum atomic E-state index is 0.951. The third kappa shape index (κ3) is 1.30. The maximum absolute atomic E-state index is 6.20. The number of benzene rings is 3. The molecule has 2 nitrogen and oxygen atoms in total. The van der Waals surface area contributed by atoms with Crippen molar-refractivity contribution >= 4 is 43.7 Å². The van der Waals surface area contributed by atoms with E-state index in [-0.39, 0.29) is 0 Å². The molecule has 0 unspecified atom stereocenters. The van der Waals surface area contributed by atoms with Gasteiger partial charge in [-0.1, -0.05) is 42.5 Å². The van der Waals surface area contributed by atoms with Gasteiger partial charge < -0.3 is 8.98 Å². The van der Waals surface area contributed by atoms with Crippen LogP contribution in [0.15, 0.2) is 59.0 Å². The topological polar surface area (TPSA) is 18.1 Å². The molecule has 22 heavy (non-hydrogen) atoms. The van der Waals surface area contributed by atoms with Crippen LogP contribution in [-0.4, -0.2) is 4.57 Å². The van der Waals surface area contributed by atoms with E-state index in [9.17, 15) is 0 Å². The molecular weight excluding hydrogens is 270 g/mol. The summed E-state index contributed by atoms with van der Waals surface area (Å²) in [5.41, 5.74) is 5.69. The van der Waals surface area contributed by atoms with Crippen LogP contribution in [-0.2, 0) is 7.05 Å². The molecule has 0 saturated heterocycles. The fraction of sp³-hybridized carbons (Fsp3) is 0.100. The van der Waals surface area contributed by atoms with Crippen LogP contribution in [0.5, 0.6) is 0 Å². The molecule has 2 heterocycles. The number of aryl methyl sites for hydroxylation is 2. The summed E-state index contributed by atoms with van der Waals surface area (Å²) in [6.07, 6.45) is 0. The Labute approximate surface area is 127 Å². The molecule has 0 N–H and O–H groups in total. The van der Waals surface area contributed by atoms with Crippen LogP contribution in [0.3, 0.4) is 0 Å². The van der Waals surface area contributed by atoms with Crippen molar-refractivity contribution in [2.24, 2.45) is 7.05 Å². The fourth-order valence-corrected chi connectivity index (χ4v) is 3.76. The minimum absolute atomic E-state index is 0.951. The van der Waals surface area contributed by atoms with Crippen LogP contribution in [0.25, 0.3) is 43.7 Å². The Kier molecular flexibility index (Phi) is 2.11. The molecule has 0 aliphatic carbocycles. The van der Waals surface area contributed by atoms with Crippen LogP contribution < -0.4 is 0 Å². The van der Waals surface area contributed by atoms with Crippen molar-refractivity contribution in [1.29, 1.82) is 0 Å². The summed E-state index contributed by atoms with van der Waals surface area (Å²) in [4.78, 5) is 0. The largest absolute Gasteiger partial charge is 0.454 e. The number of furan rings is 1. The number of nitrogens with zero attached hydrogens (tertiary/aromatic N) is 1. The van der Waals surface area contributed by atoms with Crippen LogP contribution in [0.2, 0.25) is 0 Å². The van der Waals surface area contributed by atoms with Gasteiger partial charge in [-0.15, -0.1) is 0 Å². The van der Waals surface area contributed by atoms with E-state index in [1.54, 1.807) is 0 Å². The Morgan fingerprint density at radius 2 is 1.45 bits per heavy atom. The molecular formula is C20H15NO. The Hall–Kier alpha value is -2.74. The number of hydrogen-bond donors (Lipinski definition) is 0. The monoisotopic (exact) mass is 285 g/mol. The van der Waals surface area contributed by atoms with Gasteiger partial charge in [0.15, 0.2) is 5.58 Å². The highest BCUT2D eigenvalue weighted by atomic mass is 16.3. The average molecular weight is 285 g/mol. The van der Waals surface area contributed by atoms with E-state index in [0.717, 1.165) is 11.2 Å². The lowest BCUT2D eigenvalue weighted by molar-refractivity contribution is 0.670. The standard InChI is InChI=1S/C20H15NO/c1-12-6-5-8-14-15-10-11-16-13-7-3-4-9-17(13)22-20(16)19(15)21(2)18(12)14/h3-11H,1-2H3. The number of fused-ring (bicyclic) bond motifs is 7. The highest BCUT2D eigenvalue weighted by Crippen LogP contribution is 2.38. The first-order valence-corrected chi connectivity index (χ1v) is 7.53. The number of rotatable bonds is 0. The minimum Gasteiger partial charge on any atom is -0.454 e. The predicted molar refractivity (Wildman–Crippen MR) is 92.4 cm³/mol. The number of hydrogen-bond acceptors (Lipinski definition) is 1. The van der Waals surface area contributed by atoms with E-state index >= 15 is 0 Å². The quantitative estimate of drug-likeness (QED) is 0.365. The first-order chi connectivity index (χ1) is 10.8. The van der Waals surface area contributed by atoms with Crippen molar-refractivity contribution in [2.45, 2.75) is 6.92 Å². The lowest BCUT2D eigenvalue weighted by Gasteiger charge is -2.01. The molecule has 3 aromatic carbocycles. The lowest BCUT2D eigenvalue weighted by atomic mass is 10.1. The maximum Gasteiger partial charge on any atom is 0.159 e. The zero-order valence-electron chi connectivity index (χ0n) is 12.6. The van der Waals surface area contributed by atoms with Crippen LogP contribution in [0, 0.1) is 6.92 Å². The lowest BCUT2D eigenvalue weighted by Crippen LogP contribution is -1.89. The smallest absolute Gasteiger partial charge is 0.159 e. The summed E-state index contributed by atoms with van der Waals surface area (Å²) in [5, 5.41) is 4.92. The molecule has 0 aliphatic heterocycles. The van der Waals surface area contributed by atoms with Crippen molar-refractivity contribution in [2.75, 3.05) is 0 Å². The van der Waals surface area contributed by atoms with Gasteiger partial charge >= 0.3 is 0 Å². The van der Waals surface area contributed by atoms with Crippen molar-refractivity contribution in [1.82, 2.24) is 4.57 Å². The highest BCUT2D eigenvalue weighted by molar-refractivity contribution is 6.21. The summed E-state index contributed by atoms with van der Waals surface area (Å²) in [6, 6.07) is 19.1. The van der Waals surface area contributed by atoms with Gasteiger partial charge in [0.1, 0.15) is 5.58 Å². The van der Waals surface area contributed by atoms with Crippen LogP contribution in [0.1, 0.15) is 5.56 Å². The van der Waals surface area contributed by atoms with E-state index < -0.39 is 0 Å². The first-order valence-electron chi connectivity index (χ1n) is 7.53. The SMILES string of the molecule is Cc1cccc2c3ccc4c5ccccc5oc4c3n(C)c12. The molecule has 0 atom stereocenters. The van der Waals surface area contributed by atoms with Gasteiger partial charge in [-0.25, -0.2) is 0 Å². The van der Waals surface area contributed by atoms with Crippen LogP contribution in [0.4, 0.5) is 0 Å². The van der Waals surface area contributed by atoms with Crippen molar-refractivity contribution in [3.05, 3.63) is 60.2 Å². The molecule has 0 spiro atoms. The van der Waals surface area contributed by atoms with E-state index in [0.29, 0.717) is 0 Å². The zero-order chi connectivity index (χ0) is 14.8. The summed E-state index contributed by atoms with van der Waals surface area (Å²) in [6.45, 7) is 2.16. The Bertz CT molecular complexity index is 1190. The normalized spacial score (nSPS) is 12.1. The van der Waals surface area contributed by atoms with Gasteiger partial charge in [-0.2, -0.15) is 0 Å². The molecule has 0 bridgehead atoms. The van der Waals surface area contributed by atoms with Crippen molar-refractivity contribution in [3.8, 4) is 0 Å². The maximum atomic E-state index is 6.20. The molecule has 2 aromatic heterocycles. The Morgan fingerprint density at radius 3 is 2.36 bits per heavy atom.